The third-order valence-electron chi connectivity index (χ3n) is 4.52. The lowest BCUT2D eigenvalue weighted by atomic mass is 10.1. The van der Waals surface area contributed by atoms with Crippen molar-refractivity contribution in [3.8, 4) is 11.5 Å². The molecule has 0 aliphatic carbocycles. The molecule has 0 fully saturated rings. The van der Waals surface area contributed by atoms with E-state index in [1.54, 1.807) is 43.5 Å². The summed E-state index contributed by atoms with van der Waals surface area (Å²) in [6.45, 7) is 0.328. The molecule has 4 rings (SSSR count). The van der Waals surface area contributed by atoms with Gasteiger partial charge < -0.3 is 14.2 Å². The van der Waals surface area contributed by atoms with Gasteiger partial charge in [0.2, 0.25) is 5.90 Å². The van der Waals surface area contributed by atoms with Crippen molar-refractivity contribution in [2.24, 2.45) is 4.99 Å². The molecular weight excluding hydrogens is 482 g/mol. The van der Waals surface area contributed by atoms with Crippen LogP contribution in [0.1, 0.15) is 16.7 Å². The molecule has 3 aromatic rings. The Morgan fingerprint density at radius 3 is 2.68 bits per heavy atom. The van der Waals surface area contributed by atoms with Crippen molar-refractivity contribution in [3.63, 3.8) is 0 Å². The molecule has 3 aromatic carbocycles. The van der Waals surface area contributed by atoms with Gasteiger partial charge in [-0.25, -0.2) is 9.79 Å². The summed E-state index contributed by atoms with van der Waals surface area (Å²) in [6, 6.07) is 20.3. The van der Waals surface area contributed by atoms with E-state index in [2.05, 4.69) is 20.9 Å². The third-order valence-corrected chi connectivity index (χ3v) is 5.34. The van der Waals surface area contributed by atoms with E-state index in [0.29, 0.717) is 34.3 Å². The predicted octanol–water partition coefficient (Wildman–Crippen LogP) is 6.03. The highest BCUT2D eigenvalue weighted by Gasteiger charge is 2.26. The molecule has 0 bridgehead atoms. The van der Waals surface area contributed by atoms with Crippen molar-refractivity contribution < 1.29 is 19.0 Å². The molecule has 0 N–H and O–H groups in total. The quantitative estimate of drug-likeness (QED) is 0.307. The molecule has 0 spiro atoms. The monoisotopic (exact) mass is 497 g/mol. The Balaban J connectivity index is 1.67. The summed E-state index contributed by atoms with van der Waals surface area (Å²) in [4.78, 5) is 16.8. The van der Waals surface area contributed by atoms with Crippen molar-refractivity contribution in [3.05, 3.63) is 98.6 Å². The van der Waals surface area contributed by atoms with Crippen LogP contribution >= 0.6 is 27.5 Å². The molecule has 0 atom stereocenters. The van der Waals surface area contributed by atoms with Crippen LogP contribution in [-0.4, -0.2) is 19.0 Å². The summed E-state index contributed by atoms with van der Waals surface area (Å²) >= 11 is 9.66. The van der Waals surface area contributed by atoms with Crippen LogP contribution in [0.15, 0.2) is 81.9 Å². The van der Waals surface area contributed by atoms with E-state index in [0.717, 1.165) is 10.0 Å². The molecule has 7 heteroatoms. The van der Waals surface area contributed by atoms with Crippen LogP contribution in [0.2, 0.25) is 5.02 Å². The number of hydrogen-bond donors (Lipinski definition) is 0. The van der Waals surface area contributed by atoms with Gasteiger partial charge in [0.1, 0.15) is 6.61 Å². The maximum Gasteiger partial charge on any atom is 0.363 e. The number of carbonyl (C=O) groups is 1. The maximum absolute atomic E-state index is 12.4. The summed E-state index contributed by atoms with van der Waals surface area (Å²) < 4.78 is 17.8. The van der Waals surface area contributed by atoms with Gasteiger partial charge in [-0.3, -0.25) is 0 Å². The van der Waals surface area contributed by atoms with Gasteiger partial charge in [0.25, 0.3) is 0 Å². The fraction of sp³-hybridized carbons (Fsp3) is 0.0833. The van der Waals surface area contributed by atoms with Gasteiger partial charge in [0, 0.05) is 10.0 Å². The maximum atomic E-state index is 12.4. The second-order valence-corrected chi connectivity index (χ2v) is 7.94. The zero-order valence-electron chi connectivity index (χ0n) is 16.5. The van der Waals surface area contributed by atoms with Gasteiger partial charge in [0.05, 0.1) is 17.7 Å². The van der Waals surface area contributed by atoms with E-state index in [-0.39, 0.29) is 11.6 Å². The smallest absolute Gasteiger partial charge is 0.363 e. The average Bonchev–Trinajstić information content (AvgIpc) is 3.13. The van der Waals surface area contributed by atoms with Crippen molar-refractivity contribution in [1.29, 1.82) is 0 Å². The Morgan fingerprint density at radius 2 is 1.90 bits per heavy atom. The minimum atomic E-state index is -0.560. The first-order valence-corrected chi connectivity index (χ1v) is 10.5. The molecule has 31 heavy (non-hydrogen) atoms. The number of cyclic esters (lactones) is 1. The summed E-state index contributed by atoms with van der Waals surface area (Å²) in [5, 5.41) is 0.453. The number of carbonyl (C=O) groups excluding carboxylic acids is 1. The largest absolute Gasteiger partial charge is 0.493 e. The highest BCUT2D eigenvalue weighted by Crippen LogP contribution is 2.34. The molecule has 5 nitrogen and oxygen atoms in total. The number of benzene rings is 3. The second kappa shape index (κ2) is 9.37. The lowest BCUT2D eigenvalue weighted by Crippen LogP contribution is -2.05. The van der Waals surface area contributed by atoms with Crippen molar-refractivity contribution in [2.75, 3.05) is 7.11 Å². The zero-order chi connectivity index (χ0) is 21.8. The highest BCUT2D eigenvalue weighted by atomic mass is 79.9. The van der Waals surface area contributed by atoms with Crippen LogP contribution in [-0.2, 0) is 16.1 Å². The third kappa shape index (κ3) is 4.81. The van der Waals surface area contributed by atoms with Crippen LogP contribution < -0.4 is 9.47 Å². The second-order valence-electron chi connectivity index (χ2n) is 6.61. The number of aliphatic imine (C=N–C) groups is 1. The number of halogens is 2. The van der Waals surface area contributed by atoms with Crippen LogP contribution in [0.25, 0.3) is 6.08 Å². The van der Waals surface area contributed by atoms with E-state index >= 15 is 0 Å². The fourth-order valence-electron chi connectivity index (χ4n) is 3.05. The van der Waals surface area contributed by atoms with Gasteiger partial charge in [-0.15, -0.1) is 0 Å². The van der Waals surface area contributed by atoms with Gasteiger partial charge in [-0.1, -0.05) is 63.9 Å². The predicted molar refractivity (Wildman–Crippen MR) is 124 cm³/mol. The number of para-hydroxylation sites is 1. The lowest BCUT2D eigenvalue weighted by Gasteiger charge is -2.13. The fourth-order valence-corrected chi connectivity index (χ4v) is 3.71. The van der Waals surface area contributed by atoms with Crippen molar-refractivity contribution in [1.82, 2.24) is 0 Å². The number of esters is 1. The molecule has 1 aliphatic heterocycles. The van der Waals surface area contributed by atoms with Crippen LogP contribution in [0.3, 0.4) is 0 Å². The summed E-state index contributed by atoms with van der Waals surface area (Å²) in [6.07, 6.45) is 1.62. The Hall–Kier alpha value is -3.09. The van der Waals surface area contributed by atoms with E-state index in [9.17, 15) is 4.79 Å². The van der Waals surface area contributed by atoms with E-state index in [1.807, 2.05) is 36.4 Å². The van der Waals surface area contributed by atoms with Gasteiger partial charge >= 0.3 is 5.97 Å². The van der Waals surface area contributed by atoms with Gasteiger partial charge in [-0.05, 0) is 42.0 Å². The van der Waals surface area contributed by atoms with Gasteiger partial charge in [0.15, 0.2) is 17.2 Å². The molecule has 1 heterocycles. The zero-order valence-corrected chi connectivity index (χ0v) is 18.8. The molecule has 0 unspecified atom stereocenters. The molecule has 0 radical (unpaired) electrons. The molecule has 156 valence electrons. The number of nitrogens with zero attached hydrogens (tertiary/aromatic N) is 1. The number of rotatable bonds is 6. The van der Waals surface area contributed by atoms with Crippen LogP contribution in [0.5, 0.6) is 11.5 Å². The minimum absolute atomic E-state index is 0.149. The minimum Gasteiger partial charge on any atom is -0.493 e. The first kappa shape index (κ1) is 21.2. The standard InChI is InChI=1S/C24H17BrClNO4/c1-29-21-11-5-7-16(22(21)30-14-15-6-4-8-17(25)12-15)13-20-24(28)31-23(27-20)18-9-2-3-10-19(18)26/h2-13H,14H2,1H3/b20-13-. The average molecular weight is 499 g/mol. The molecule has 0 aromatic heterocycles. The van der Waals surface area contributed by atoms with E-state index in [4.69, 9.17) is 25.8 Å². The van der Waals surface area contributed by atoms with Crippen LogP contribution in [0.4, 0.5) is 0 Å². The van der Waals surface area contributed by atoms with Crippen molar-refractivity contribution in [2.45, 2.75) is 6.61 Å². The molecule has 0 amide bonds. The number of methoxy groups -OCH3 is 1. The summed E-state index contributed by atoms with van der Waals surface area (Å²) in [7, 11) is 1.57. The van der Waals surface area contributed by atoms with E-state index < -0.39 is 5.97 Å². The number of hydrogen-bond acceptors (Lipinski definition) is 5. The first-order valence-electron chi connectivity index (χ1n) is 9.37. The Bertz CT molecular complexity index is 1210. The number of ether oxygens (including phenoxy) is 3. The Kier molecular flexibility index (Phi) is 6.39. The summed E-state index contributed by atoms with van der Waals surface area (Å²) in [5.74, 6) is 0.662. The first-order chi connectivity index (χ1) is 15.0. The summed E-state index contributed by atoms with van der Waals surface area (Å²) in [5.41, 5.74) is 2.33. The molecule has 0 saturated carbocycles. The SMILES string of the molecule is COc1cccc(/C=C2\N=C(c3ccccc3Cl)OC2=O)c1OCc1cccc(Br)c1. The lowest BCUT2D eigenvalue weighted by molar-refractivity contribution is -0.129. The normalized spacial score (nSPS) is 14.4. The van der Waals surface area contributed by atoms with Gasteiger partial charge in [-0.2, -0.15) is 0 Å². The molecule has 1 aliphatic rings. The molecule has 0 saturated heterocycles. The topological polar surface area (TPSA) is 57.1 Å². The Morgan fingerprint density at radius 1 is 1.10 bits per heavy atom. The Labute approximate surface area is 193 Å². The highest BCUT2D eigenvalue weighted by molar-refractivity contribution is 9.10. The molecular formula is C24H17BrClNO4. The van der Waals surface area contributed by atoms with Crippen molar-refractivity contribution >= 4 is 45.5 Å². The van der Waals surface area contributed by atoms with Crippen LogP contribution in [0, 0.1) is 0 Å². The van der Waals surface area contributed by atoms with E-state index in [1.165, 1.54) is 0 Å².